The highest BCUT2D eigenvalue weighted by molar-refractivity contribution is 5.84. The molecule has 0 atom stereocenters. The Morgan fingerprint density at radius 3 is 2.62 bits per heavy atom. The van der Waals surface area contributed by atoms with Crippen LogP contribution in [-0.2, 0) is 4.74 Å². The number of nitriles is 1. The number of pyridine rings is 1. The molecule has 1 aromatic carbocycles. The van der Waals surface area contributed by atoms with Crippen LogP contribution in [0.4, 0.5) is 5.82 Å². The van der Waals surface area contributed by atoms with Crippen LogP contribution in [0.2, 0.25) is 0 Å². The Hall–Kier alpha value is -2.91. The number of rotatable bonds is 2. The van der Waals surface area contributed by atoms with Gasteiger partial charge in [-0.05, 0) is 25.1 Å². The molecule has 0 spiro atoms. The summed E-state index contributed by atoms with van der Waals surface area (Å²) in [5.41, 5.74) is 3.19. The largest absolute Gasteiger partial charge is 0.378 e. The minimum absolute atomic E-state index is 0.583. The van der Waals surface area contributed by atoms with Crippen molar-refractivity contribution in [2.24, 2.45) is 0 Å². The van der Waals surface area contributed by atoms with Gasteiger partial charge in [0.1, 0.15) is 11.9 Å². The normalized spacial score (nSPS) is 14.8. The zero-order chi connectivity index (χ0) is 16.5. The molecular weight excluding hydrogens is 302 g/mol. The highest BCUT2D eigenvalue weighted by Gasteiger charge is 2.20. The topological polar surface area (TPSA) is 67.0 Å². The van der Waals surface area contributed by atoms with Gasteiger partial charge in [0.25, 0.3) is 0 Å². The third-order valence-corrected chi connectivity index (χ3v) is 4.25. The average Bonchev–Trinajstić information content (AvgIpc) is 2.98. The third-order valence-electron chi connectivity index (χ3n) is 4.25. The quantitative estimate of drug-likeness (QED) is 0.726. The van der Waals surface area contributed by atoms with Crippen molar-refractivity contribution >= 4 is 16.9 Å². The maximum atomic E-state index is 9.55. The molecule has 0 aliphatic carbocycles. The first kappa shape index (κ1) is 14.7. The molecule has 1 fully saturated rings. The van der Waals surface area contributed by atoms with E-state index in [0.717, 1.165) is 35.5 Å². The maximum absolute atomic E-state index is 9.55. The predicted molar refractivity (Wildman–Crippen MR) is 91.3 cm³/mol. The Morgan fingerprint density at radius 2 is 1.92 bits per heavy atom. The fourth-order valence-electron chi connectivity index (χ4n) is 3.02. The number of aryl methyl sites for hydroxylation is 1. The number of morpholine rings is 1. The van der Waals surface area contributed by atoms with Crippen molar-refractivity contribution in [3.63, 3.8) is 0 Å². The Labute approximate surface area is 139 Å². The summed E-state index contributed by atoms with van der Waals surface area (Å²) in [4.78, 5) is 6.93. The number of aromatic nitrogens is 3. The van der Waals surface area contributed by atoms with E-state index in [4.69, 9.17) is 9.72 Å². The molecule has 0 saturated carbocycles. The summed E-state index contributed by atoms with van der Waals surface area (Å²) in [7, 11) is 0. The van der Waals surface area contributed by atoms with Crippen LogP contribution >= 0.6 is 0 Å². The van der Waals surface area contributed by atoms with E-state index in [1.54, 1.807) is 0 Å². The van der Waals surface area contributed by atoms with Crippen molar-refractivity contribution in [1.82, 2.24) is 14.8 Å². The minimum Gasteiger partial charge on any atom is -0.378 e. The fourth-order valence-corrected chi connectivity index (χ4v) is 3.02. The number of fused-ring (bicyclic) bond motifs is 1. The molecule has 6 nitrogen and oxygen atoms in total. The van der Waals surface area contributed by atoms with Gasteiger partial charge in [-0.2, -0.15) is 10.4 Å². The van der Waals surface area contributed by atoms with Crippen LogP contribution in [0.5, 0.6) is 0 Å². The van der Waals surface area contributed by atoms with Crippen molar-refractivity contribution in [1.29, 1.82) is 5.26 Å². The van der Waals surface area contributed by atoms with Crippen LogP contribution < -0.4 is 4.90 Å². The summed E-state index contributed by atoms with van der Waals surface area (Å²) in [6, 6.07) is 14.1. The number of hydrogen-bond acceptors (Lipinski definition) is 5. The van der Waals surface area contributed by atoms with Crippen molar-refractivity contribution in [3.05, 3.63) is 47.7 Å². The van der Waals surface area contributed by atoms with Gasteiger partial charge in [0.15, 0.2) is 5.65 Å². The number of ether oxygens (including phenoxy) is 1. The lowest BCUT2D eigenvalue weighted by Gasteiger charge is -2.28. The molecule has 24 heavy (non-hydrogen) atoms. The number of nitrogens with zero attached hydrogens (tertiary/aromatic N) is 5. The molecule has 0 N–H and O–H groups in total. The molecule has 2 aromatic heterocycles. The molecular formula is C18H17N5O. The van der Waals surface area contributed by atoms with E-state index in [1.807, 2.05) is 48.0 Å². The third kappa shape index (κ3) is 2.39. The van der Waals surface area contributed by atoms with E-state index >= 15 is 0 Å². The van der Waals surface area contributed by atoms with Crippen LogP contribution in [0.25, 0.3) is 16.7 Å². The second kappa shape index (κ2) is 5.95. The monoisotopic (exact) mass is 319 g/mol. The Balaban J connectivity index is 1.92. The summed E-state index contributed by atoms with van der Waals surface area (Å²) in [5, 5.41) is 15.1. The molecule has 0 radical (unpaired) electrons. The van der Waals surface area contributed by atoms with Gasteiger partial charge in [-0.1, -0.05) is 18.2 Å². The summed E-state index contributed by atoms with van der Waals surface area (Å²) in [6.45, 7) is 4.74. The number of hydrogen-bond donors (Lipinski definition) is 0. The predicted octanol–water partition coefficient (Wildman–Crippen LogP) is 2.44. The van der Waals surface area contributed by atoms with Gasteiger partial charge in [-0.3, -0.25) is 0 Å². The van der Waals surface area contributed by atoms with Gasteiger partial charge in [-0.15, -0.1) is 0 Å². The van der Waals surface area contributed by atoms with E-state index in [2.05, 4.69) is 16.1 Å². The molecule has 1 aliphatic rings. The molecule has 6 heteroatoms. The van der Waals surface area contributed by atoms with Gasteiger partial charge in [0.2, 0.25) is 0 Å². The molecule has 3 aromatic rings. The summed E-state index contributed by atoms with van der Waals surface area (Å²) in [6.07, 6.45) is 0. The van der Waals surface area contributed by atoms with Crippen LogP contribution in [0.1, 0.15) is 11.3 Å². The average molecular weight is 319 g/mol. The van der Waals surface area contributed by atoms with E-state index in [-0.39, 0.29) is 0 Å². The van der Waals surface area contributed by atoms with E-state index < -0.39 is 0 Å². The first-order valence-electron chi connectivity index (χ1n) is 7.96. The molecule has 1 saturated heterocycles. The Bertz CT molecular complexity index is 920. The standard InChI is InChI=1S/C18H17N5O/c1-13-16-11-14(12-19)17(22-7-9-24-10-8-22)20-18(16)23(21-13)15-5-3-2-4-6-15/h2-6,11H,7-10H2,1H3. The number of benzene rings is 1. The maximum Gasteiger partial charge on any atom is 0.165 e. The molecule has 0 amide bonds. The van der Waals surface area contributed by atoms with Crippen molar-refractivity contribution in [2.45, 2.75) is 6.92 Å². The molecule has 3 heterocycles. The lowest BCUT2D eigenvalue weighted by Crippen LogP contribution is -2.37. The number of para-hydroxylation sites is 1. The van der Waals surface area contributed by atoms with Gasteiger partial charge in [-0.25, -0.2) is 9.67 Å². The minimum atomic E-state index is 0.583. The van der Waals surface area contributed by atoms with E-state index in [1.165, 1.54) is 0 Å². The highest BCUT2D eigenvalue weighted by atomic mass is 16.5. The SMILES string of the molecule is Cc1nn(-c2ccccc2)c2nc(N3CCOCC3)c(C#N)cc12. The molecule has 0 bridgehead atoms. The van der Waals surface area contributed by atoms with Crippen molar-refractivity contribution in [2.75, 3.05) is 31.2 Å². The summed E-state index contributed by atoms with van der Waals surface area (Å²) >= 11 is 0. The van der Waals surface area contributed by atoms with E-state index in [9.17, 15) is 5.26 Å². The molecule has 4 rings (SSSR count). The zero-order valence-corrected chi connectivity index (χ0v) is 13.4. The molecule has 0 unspecified atom stereocenters. The van der Waals surface area contributed by atoms with Gasteiger partial charge >= 0.3 is 0 Å². The number of anilines is 1. The smallest absolute Gasteiger partial charge is 0.165 e. The lowest BCUT2D eigenvalue weighted by molar-refractivity contribution is 0.122. The Morgan fingerprint density at radius 1 is 1.17 bits per heavy atom. The second-order valence-electron chi connectivity index (χ2n) is 5.77. The Kier molecular flexibility index (Phi) is 3.63. The first-order valence-corrected chi connectivity index (χ1v) is 7.96. The molecule has 120 valence electrons. The molecule has 1 aliphatic heterocycles. The second-order valence-corrected chi connectivity index (χ2v) is 5.77. The van der Waals surface area contributed by atoms with Gasteiger partial charge in [0, 0.05) is 18.5 Å². The van der Waals surface area contributed by atoms with Crippen LogP contribution in [0.3, 0.4) is 0 Å². The summed E-state index contributed by atoms with van der Waals surface area (Å²) in [5.74, 6) is 0.713. The van der Waals surface area contributed by atoms with Crippen molar-refractivity contribution in [3.8, 4) is 11.8 Å². The van der Waals surface area contributed by atoms with Crippen molar-refractivity contribution < 1.29 is 4.74 Å². The van der Waals surface area contributed by atoms with Gasteiger partial charge < -0.3 is 9.64 Å². The zero-order valence-electron chi connectivity index (χ0n) is 13.4. The van der Waals surface area contributed by atoms with E-state index in [0.29, 0.717) is 24.6 Å². The highest BCUT2D eigenvalue weighted by Crippen LogP contribution is 2.27. The first-order chi connectivity index (χ1) is 11.8. The van der Waals surface area contributed by atoms with Crippen LogP contribution in [-0.4, -0.2) is 41.1 Å². The van der Waals surface area contributed by atoms with Gasteiger partial charge in [0.05, 0.1) is 30.2 Å². The summed E-state index contributed by atoms with van der Waals surface area (Å²) < 4.78 is 7.25. The van der Waals surface area contributed by atoms with Crippen LogP contribution in [0, 0.1) is 18.3 Å². The fraction of sp³-hybridized carbons (Fsp3) is 0.278. The lowest BCUT2D eigenvalue weighted by atomic mass is 10.2. The van der Waals surface area contributed by atoms with Crippen LogP contribution in [0.15, 0.2) is 36.4 Å².